The summed E-state index contributed by atoms with van der Waals surface area (Å²) < 4.78 is 43.0. The molecule has 0 radical (unpaired) electrons. The fourth-order valence-corrected chi connectivity index (χ4v) is 2.63. The second kappa shape index (κ2) is 12.3. The molecule has 0 saturated carbocycles. The van der Waals surface area contributed by atoms with E-state index in [1.165, 1.54) is 0 Å². The number of rotatable bonds is 14. The normalized spacial score (nSPS) is 13.8. The van der Waals surface area contributed by atoms with Crippen molar-refractivity contribution >= 4 is 10.0 Å². The van der Waals surface area contributed by atoms with Gasteiger partial charge in [0, 0.05) is 7.11 Å². The van der Waals surface area contributed by atoms with Crippen LogP contribution in [0.1, 0.15) is 13.8 Å². The minimum Gasteiger partial charge on any atom is -0.382 e. The molecule has 1 unspecified atom stereocenters. The molecule has 128 valence electrons. The van der Waals surface area contributed by atoms with E-state index in [2.05, 4.69) is 0 Å². The molecule has 0 saturated heterocycles. The maximum atomic E-state index is 11.1. The van der Waals surface area contributed by atoms with Crippen molar-refractivity contribution in [3.8, 4) is 0 Å². The number of primary sulfonamides is 1. The summed E-state index contributed by atoms with van der Waals surface area (Å²) in [6.07, 6.45) is 0. The van der Waals surface area contributed by atoms with E-state index in [0.717, 1.165) is 0 Å². The molecule has 0 aliphatic rings. The highest BCUT2D eigenvalue weighted by Gasteiger charge is 2.19. The molecule has 0 rings (SSSR count). The lowest BCUT2D eigenvalue weighted by molar-refractivity contribution is -0.00265. The van der Waals surface area contributed by atoms with Crippen molar-refractivity contribution in [3.05, 3.63) is 0 Å². The SMILES string of the molecule is COCCOCCOCCOCC(CS(N)(=O)=O)C(C)C. The van der Waals surface area contributed by atoms with Gasteiger partial charge in [-0.1, -0.05) is 13.8 Å². The first-order valence-corrected chi connectivity index (χ1v) is 8.81. The Morgan fingerprint density at radius 1 is 0.905 bits per heavy atom. The van der Waals surface area contributed by atoms with E-state index in [0.29, 0.717) is 46.2 Å². The number of nitrogens with two attached hydrogens (primary N) is 1. The second-order valence-electron chi connectivity index (χ2n) is 5.13. The van der Waals surface area contributed by atoms with E-state index in [4.69, 9.17) is 24.1 Å². The number of hydrogen-bond acceptors (Lipinski definition) is 6. The highest BCUT2D eigenvalue weighted by atomic mass is 32.2. The summed E-state index contributed by atoms with van der Waals surface area (Å²) in [4.78, 5) is 0. The van der Waals surface area contributed by atoms with Gasteiger partial charge >= 0.3 is 0 Å². The number of hydrogen-bond donors (Lipinski definition) is 1. The van der Waals surface area contributed by atoms with E-state index in [1.54, 1.807) is 7.11 Å². The van der Waals surface area contributed by atoms with Gasteiger partial charge in [0.15, 0.2) is 0 Å². The molecule has 0 aliphatic heterocycles. The summed E-state index contributed by atoms with van der Waals surface area (Å²) in [6, 6.07) is 0. The summed E-state index contributed by atoms with van der Waals surface area (Å²) in [5.74, 6) is 0.0367. The second-order valence-corrected chi connectivity index (χ2v) is 6.79. The minimum absolute atomic E-state index is 0.0567. The van der Waals surface area contributed by atoms with Crippen LogP contribution >= 0.6 is 0 Å². The lowest BCUT2D eigenvalue weighted by atomic mass is 9.99. The fourth-order valence-electron chi connectivity index (χ4n) is 1.55. The molecular weight excluding hydrogens is 298 g/mol. The van der Waals surface area contributed by atoms with E-state index in [1.807, 2.05) is 13.8 Å². The molecule has 0 fully saturated rings. The van der Waals surface area contributed by atoms with Gasteiger partial charge in [-0.05, 0) is 11.8 Å². The first kappa shape index (κ1) is 20.8. The molecule has 0 heterocycles. The van der Waals surface area contributed by atoms with Crippen LogP contribution in [0.2, 0.25) is 0 Å². The van der Waals surface area contributed by atoms with Crippen LogP contribution in [0.4, 0.5) is 0 Å². The standard InChI is InChI=1S/C13H29NO6S/c1-12(2)13(11-21(14,15)16)10-20-9-8-19-7-6-18-5-4-17-3/h12-13H,4-11H2,1-3H3,(H2,14,15,16). The Hall–Kier alpha value is -0.250. The van der Waals surface area contributed by atoms with E-state index in [9.17, 15) is 8.42 Å². The van der Waals surface area contributed by atoms with Gasteiger partial charge in [0.25, 0.3) is 0 Å². The van der Waals surface area contributed by atoms with Crippen molar-refractivity contribution in [1.29, 1.82) is 0 Å². The summed E-state index contributed by atoms with van der Waals surface area (Å²) >= 11 is 0. The van der Waals surface area contributed by atoms with Crippen molar-refractivity contribution in [2.45, 2.75) is 13.8 Å². The molecule has 0 amide bonds. The summed E-state index contributed by atoms with van der Waals surface area (Å²) in [5, 5.41) is 5.06. The number of sulfonamides is 1. The van der Waals surface area contributed by atoms with Crippen molar-refractivity contribution in [2.24, 2.45) is 17.0 Å². The zero-order valence-corrected chi connectivity index (χ0v) is 14.1. The van der Waals surface area contributed by atoms with Crippen LogP contribution in [0.25, 0.3) is 0 Å². The van der Waals surface area contributed by atoms with Gasteiger partial charge in [0.2, 0.25) is 10.0 Å². The molecule has 7 nitrogen and oxygen atoms in total. The van der Waals surface area contributed by atoms with Crippen LogP contribution in [-0.4, -0.2) is 67.5 Å². The van der Waals surface area contributed by atoms with Crippen LogP contribution in [0.15, 0.2) is 0 Å². The topological polar surface area (TPSA) is 97.1 Å². The van der Waals surface area contributed by atoms with Crippen LogP contribution < -0.4 is 5.14 Å². The zero-order valence-electron chi connectivity index (χ0n) is 13.2. The van der Waals surface area contributed by atoms with Gasteiger partial charge in [0.05, 0.1) is 52.0 Å². The fraction of sp³-hybridized carbons (Fsp3) is 1.00. The molecule has 0 aromatic rings. The Labute approximate surface area is 128 Å². The molecule has 0 aromatic carbocycles. The van der Waals surface area contributed by atoms with E-state index < -0.39 is 10.0 Å². The number of ether oxygens (including phenoxy) is 4. The first-order chi connectivity index (χ1) is 9.87. The predicted molar refractivity (Wildman–Crippen MR) is 80.6 cm³/mol. The Balaban J connectivity index is 3.55. The van der Waals surface area contributed by atoms with Gasteiger partial charge in [-0.25, -0.2) is 13.6 Å². The third kappa shape index (κ3) is 14.5. The molecule has 1 atom stereocenters. The van der Waals surface area contributed by atoms with Gasteiger partial charge in [-0.3, -0.25) is 0 Å². The Kier molecular flexibility index (Phi) is 12.2. The third-order valence-corrected chi connectivity index (χ3v) is 3.79. The monoisotopic (exact) mass is 327 g/mol. The summed E-state index contributed by atoms with van der Waals surface area (Å²) in [5.41, 5.74) is 0. The third-order valence-electron chi connectivity index (χ3n) is 2.90. The quantitative estimate of drug-likeness (QED) is 0.459. The average molecular weight is 327 g/mol. The Morgan fingerprint density at radius 2 is 1.38 bits per heavy atom. The van der Waals surface area contributed by atoms with Crippen molar-refractivity contribution in [3.63, 3.8) is 0 Å². The molecule has 2 N–H and O–H groups in total. The van der Waals surface area contributed by atoms with Gasteiger partial charge in [0.1, 0.15) is 0 Å². The van der Waals surface area contributed by atoms with Crippen molar-refractivity contribution in [1.82, 2.24) is 0 Å². The molecule has 21 heavy (non-hydrogen) atoms. The maximum Gasteiger partial charge on any atom is 0.209 e. The minimum atomic E-state index is -3.47. The molecule has 0 aliphatic carbocycles. The molecular formula is C13H29NO6S. The summed E-state index contributed by atoms with van der Waals surface area (Å²) in [6.45, 7) is 7.28. The van der Waals surface area contributed by atoms with E-state index >= 15 is 0 Å². The molecule has 8 heteroatoms. The Morgan fingerprint density at radius 3 is 1.81 bits per heavy atom. The number of methoxy groups -OCH3 is 1. The van der Waals surface area contributed by atoms with Crippen LogP contribution in [0, 0.1) is 11.8 Å². The largest absolute Gasteiger partial charge is 0.382 e. The molecule has 0 aromatic heterocycles. The highest BCUT2D eigenvalue weighted by Crippen LogP contribution is 2.12. The van der Waals surface area contributed by atoms with Gasteiger partial charge in [-0.2, -0.15) is 0 Å². The Bertz CT molecular complexity index is 334. The smallest absolute Gasteiger partial charge is 0.209 e. The lowest BCUT2D eigenvalue weighted by Crippen LogP contribution is -2.29. The molecule has 0 spiro atoms. The van der Waals surface area contributed by atoms with E-state index in [-0.39, 0.29) is 17.6 Å². The predicted octanol–water partition coefficient (Wildman–Crippen LogP) is 0.243. The van der Waals surface area contributed by atoms with Gasteiger partial charge in [-0.15, -0.1) is 0 Å². The average Bonchev–Trinajstić information content (AvgIpc) is 2.38. The zero-order chi connectivity index (χ0) is 16.1. The first-order valence-electron chi connectivity index (χ1n) is 7.09. The maximum absolute atomic E-state index is 11.1. The highest BCUT2D eigenvalue weighted by molar-refractivity contribution is 7.89. The summed E-state index contributed by atoms with van der Waals surface area (Å²) in [7, 11) is -1.85. The van der Waals surface area contributed by atoms with Crippen LogP contribution in [0.3, 0.4) is 0 Å². The van der Waals surface area contributed by atoms with Crippen LogP contribution in [-0.2, 0) is 29.0 Å². The van der Waals surface area contributed by atoms with Crippen LogP contribution in [0.5, 0.6) is 0 Å². The van der Waals surface area contributed by atoms with Crippen molar-refractivity contribution < 1.29 is 27.4 Å². The lowest BCUT2D eigenvalue weighted by Gasteiger charge is -2.19. The molecule has 0 bridgehead atoms. The van der Waals surface area contributed by atoms with Crippen molar-refractivity contribution in [2.75, 3.05) is 59.1 Å². The van der Waals surface area contributed by atoms with Gasteiger partial charge < -0.3 is 18.9 Å².